The highest BCUT2D eigenvalue weighted by Gasteiger charge is 2.47. The number of fused-ring (bicyclic) bond motifs is 7. The predicted octanol–water partition coefficient (Wildman–Crippen LogP) is 20.5. The molecule has 76 heavy (non-hydrogen) atoms. The van der Waals surface area contributed by atoms with E-state index in [0.29, 0.717) is 0 Å². The Kier molecular flexibility index (Phi) is 11.3. The van der Waals surface area contributed by atoms with Crippen LogP contribution in [0.1, 0.15) is 74.9 Å². The van der Waals surface area contributed by atoms with Crippen LogP contribution in [0.2, 0.25) is 0 Å². The molecular formula is C74H61NO. The molecule has 0 fully saturated rings. The highest BCUT2D eigenvalue weighted by atomic mass is 16.3. The van der Waals surface area contributed by atoms with E-state index in [9.17, 15) is 0 Å². The molecule has 0 amide bonds. The van der Waals surface area contributed by atoms with Crippen molar-refractivity contribution in [2.24, 2.45) is 5.41 Å². The minimum Gasteiger partial charge on any atom is -0.456 e. The molecule has 12 aromatic rings. The van der Waals surface area contributed by atoms with Gasteiger partial charge < -0.3 is 9.32 Å². The third-order valence-corrected chi connectivity index (χ3v) is 15.8. The van der Waals surface area contributed by atoms with Crippen LogP contribution in [0.5, 0.6) is 0 Å². The van der Waals surface area contributed by atoms with Gasteiger partial charge in [0.1, 0.15) is 11.2 Å². The molecule has 1 heterocycles. The Hall–Kier alpha value is -8.72. The van der Waals surface area contributed by atoms with Crippen molar-refractivity contribution in [3.8, 4) is 44.5 Å². The van der Waals surface area contributed by atoms with Gasteiger partial charge in [-0.25, -0.2) is 0 Å². The van der Waals surface area contributed by atoms with Gasteiger partial charge in [0.15, 0.2) is 0 Å². The minimum absolute atomic E-state index is 0.0663. The number of para-hydroxylation sites is 1. The van der Waals surface area contributed by atoms with Crippen molar-refractivity contribution < 1.29 is 4.42 Å². The molecular weight excluding hydrogens is 919 g/mol. The third-order valence-electron chi connectivity index (χ3n) is 15.8. The van der Waals surface area contributed by atoms with Crippen molar-refractivity contribution in [3.05, 3.63) is 282 Å². The molecule has 0 bridgehead atoms. The van der Waals surface area contributed by atoms with E-state index in [4.69, 9.17) is 4.42 Å². The van der Waals surface area contributed by atoms with Crippen LogP contribution in [-0.4, -0.2) is 0 Å². The molecule has 1 aliphatic rings. The van der Waals surface area contributed by atoms with Crippen molar-refractivity contribution in [1.82, 2.24) is 0 Å². The SMILES string of the molecule is CC(C)(C)Cc1ccc(C2(c3cccc(C(C)(C)C)c3)c3ccc(-c4cccc5ccccc45)cc3-c3ccc(N(c4ccc(-c5ccccc5)cc4)c4ccc(-c5cccc6oc7ccccc7c56)cc4)cc32)cc1. The maximum Gasteiger partial charge on any atom is 0.136 e. The Balaban J connectivity index is 1.05. The summed E-state index contributed by atoms with van der Waals surface area (Å²) in [7, 11) is 0. The number of rotatable bonds is 9. The molecule has 0 aliphatic heterocycles. The van der Waals surface area contributed by atoms with Gasteiger partial charge in [-0.1, -0.05) is 236 Å². The lowest BCUT2D eigenvalue weighted by atomic mass is 9.66. The Morgan fingerprint density at radius 1 is 0.382 bits per heavy atom. The first kappa shape index (κ1) is 47.0. The Morgan fingerprint density at radius 3 is 1.74 bits per heavy atom. The Labute approximate surface area is 447 Å². The molecule has 1 atom stereocenters. The average Bonchev–Trinajstić information content (AvgIpc) is 4.17. The van der Waals surface area contributed by atoms with Gasteiger partial charge in [0.25, 0.3) is 0 Å². The summed E-state index contributed by atoms with van der Waals surface area (Å²) in [5.41, 5.74) is 21.8. The molecule has 13 rings (SSSR count). The largest absolute Gasteiger partial charge is 0.456 e. The molecule has 1 aromatic heterocycles. The second kappa shape index (κ2) is 18.3. The van der Waals surface area contributed by atoms with E-state index < -0.39 is 5.41 Å². The van der Waals surface area contributed by atoms with E-state index >= 15 is 0 Å². The summed E-state index contributed by atoms with van der Waals surface area (Å²) in [6.07, 6.45) is 0.996. The molecule has 0 spiro atoms. The maximum atomic E-state index is 6.36. The van der Waals surface area contributed by atoms with Crippen LogP contribution in [0.15, 0.2) is 253 Å². The zero-order valence-corrected chi connectivity index (χ0v) is 44.2. The van der Waals surface area contributed by atoms with Crippen LogP contribution in [0, 0.1) is 5.41 Å². The molecule has 0 radical (unpaired) electrons. The zero-order valence-electron chi connectivity index (χ0n) is 44.2. The molecule has 368 valence electrons. The summed E-state index contributed by atoms with van der Waals surface area (Å²) in [5.74, 6) is 0. The summed E-state index contributed by atoms with van der Waals surface area (Å²) in [4.78, 5) is 2.44. The second-order valence-corrected chi connectivity index (χ2v) is 23.1. The second-order valence-electron chi connectivity index (χ2n) is 23.1. The summed E-state index contributed by atoms with van der Waals surface area (Å²) < 4.78 is 6.36. The van der Waals surface area contributed by atoms with Gasteiger partial charge in [-0.15, -0.1) is 0 Å². The number of benzene rings is 11. The first-order valence-electron chi connectivity index (χ1n) is 26.9. The van der Waals surface area contributed by atoms with Gasteiger partial charge in [-0.2, -0.15) is 0 Å². The van der Waals surface area contributed by atoms with Gasteiger partial charge >= 0.3 is 0 Å². The van der Waals surface area contributed by atoms with Crippen LogP contribution in [0.25, 0.3) is 77.2 Å². The van der Waals surface area contributed by atoms with Crippen molar-refractivity contribution >= 4 is 49.8 Å². The van der Waals surface area contributed by atoms with Crippen LogP contribution >= 0.6 is 0 Å². The normalized spacial score (nSPS) is 14.3. The van der Waals surface area contributed by atoms with Crippen molar-refractivity contribution in [1.29, 1.82) is 0 Å². The van der Waals surface area contributed by atoms with Crippen LogP contribution in [0.3, 0.4) is 0 Å². The van der Waals surface area contributed by atoms with Gasteiger partial charge in [0, 0.05) is 27.8 Å². The predicted molar refractivity (Wildman–Crippen MR) is 321 cm³/mol. The van der Waals surface area contributed by atoms with Crippen molar-refractivity contribution in [2.45, 2.75) is 58.8 Å². The fourth-order valence-corrected chi connectivity index (χ4v) is 12.3. The first-order valence-corrected chi connectivity index (χ1v) is 26.9. The maximum absolute atomic E-state index is 6.36. The van der Waals surface area contributed by atoms with Crippen LogP contribution in [-0.2, 0) is 17.3 Å². The highest BCUT2D eigenvalue weighted by Crippen LogP contribution is 2.58. The highest BCUT2D eigenvalue weighted by molar-refractivity contribution is 6.12. The van der Waals surface area contributed by atoms with E-state index in [0.717, 1.165) is 56.5 Å². The number of hydrogen-bond acceptors (Lipinski definition) is 2. The number of hydrogen-bond donors (Lipinski definition) is 0. The van der Waals surface area contributed by atoms with Crippen LogP contribution < -0.4 is 4.90 Å². The van der Waals surface area contributed by atoms with E-state index in [2.05, 4.69) is 289 Å². The van der Waals surface area contributed by atoms with Crippen molar-refractivity contribution in [2.75, 3.05) is 4.90 Å². The lowest BCUT2D eigenvalue weighted by Gasteiger charge is -2.36. The monoisotopic (exact) mass is 979 g/mol. The van der Waals surface area contributed by atoms with E-state index in [1.807, 2.05) is 6.07 Å². The number of anilines is 3. The van der Waals surface area contributed by atoms with E-state index in [1.165, 1.54) is 77.5 Å². The third kappa shape index (κ3) is 8.12. The molecule has 0 N–H and O–H groups in total. The molecule has 2 heteroatoms. The van der Waals surface area contributed by atoms with Gasteiger partial charge in [0.05, 0.1) is 5.41 Å². The zero-order chi connectivity index (χ0) is 51.8. The molecule has 2 nitrogen and oxygen atoms in total. The molecule has 11 aromatic carbocycles. The molecule has 1 aliphatic carbocycles. The number of nitrogens with zero attached hydrogens (tertiary/aromatic N) is 1. The summed E-state index contributed by atoms with van der Waals surface area (Å²) in [5, 5.41) is 4.76. The summed E-state index contributed by atoms with van der Waals surface area (Å²) in [6, 6.07) is 92.7. The number of furan rings is 1. The molecule has 0 saturated carbocycles. The average molecular weight is 980 g/mol. The quantitative estimate of drug-likeness (QED) is 0.143. The fourth-order valence-electron chi connectivity index (χ4n) is 12.3. The Bertz CT molecular complexity index is 4120. The lowest BCUT2D eigenvalue weighted by Crippen LogP contribution is -2.29. The summed E-state index contributed by atoms with van der Waals surface area (Å²) in [6.45, 7) is 14.0. The standard InChI is InChI=1S/C74H61NO/c1-72(2,3)48-49-29-36-55(37-30-49)74(57-22-15-21-56(46-57)73(4,5)6)67-44-35-54(62-25-14-20-52-19-10-11-23-61(52)62)45-66(67)64-43-42-60(47-68(64)74)75(58-38-31-51(32-39-58)50-17-8-7-9-18-50)59-40-33-53(34-41-59)63-26-16-28-70-71(63)65-24-12-13-27-69(65)76-70/h7-47H,48H2,1-6H3. The van der Waals surface area contributed by atoms with E-state index in [1.54, 1.807) is 0 Å². The van der Waals surface area contributed by atoms with Crippen molar-refractivity contribution in [3.63, 3.8) is 0 Å². The van der Waals surface area contributed by atoms with E-state index in [-0.39, 0.29) is 10.8 Å². The van der Waals surface area contributed by atoms with Gasteiger partial charge in [-0.3, -0.25) is 0 Å². The van der Waals surface area contributed by atoms with Gasteiger partial charge in [0.2, 0.25) is 0 Å². The molecule has 1 unspecified atom stereocenters. The smallest absolute Gasteiger partial charge is 0.136 e. The topological polar surface area (TPSA) is 16.4 Å². The fraction of sp³-hybridized carbons (Fsp3) is 0.135. The van der Waals surface area contributed by atoms with Crippen LogP contribution in [0.4, 0.5) is 17.1 Å². The summed E-state index contributed by atoms with van der Waals surface area (Å²) >= 11 is 0. The lowest BCUT2D eigenvalue weighted by molar-refractivity contribution is 0.411. The molecule has 0 saturated heterocycles. The van der Waals surface area contributed by atoms with Gasteiger partial charge in [-0.05, 0) is 161 Å². The minimum atomic E-state index is -0.655. The Morgan fingerprint density at radius 2 is 0.987 bits per heavy atom. The first-order chi connectivity index (χ1) is 36.9.